The second-order valence-corrected chi connectivity index (χ2v) is 19.3. The number of anilines is 3. The van der Waals surface area contributed by atoms with Gasteiger partial charge in [0.2, 0.25) is 0 Å². The van der Waals surface area contributed by atoms with Gasteiger partial charge < -0.3 is 9.47 Å². The number of aromatic nitrogens is 1. The molecule has 11 aromatic carbocycles. The van der Waals surface area contributed by atoms with Crippen molar-refractivity contribution in [2.75, 3.05) is 4.90 Å². The molecule has 0 saturated carbocycles. The lowest BCUT2D eigenvalue weighted by atomic mass is 9.81. The highest BCUT2D eigenvalue weighted by atomic mass is 15.1. The lowest BCUT2D eigenvalue weighted by Gasteiger charge is -2.26. The molecule has 0 N–H and O–H groups in total. The van der Waals surface area contributed by atoms with E-state index in [-0.39, 0.29) is 5.41 Å². The van der Waals surface area contributed by atoms with Gasteiger partial charge in [0, 0.05) is 38.8 Å². The van der Waals surface area contributed by atoms with Gasteiger partial charge in [-0.15, -0.1) is 0 Å². The average Bonchev–Trinajstić information content (AvgIpc) is 3.89. The predicted octanol–water partition coefficient (Wildman–Crippen LogP) is 18.9. The largest absolute Gasteiger partial charge is 0.311 e. The molecule has 0 unspecified atom stereocenters. The van der Waals surface area contributed by atoms with Crippen LogP contribution in [0.25, 0.3) is 94.3 Å². The molecular formula is C69H50N2. The summed E-state index contributed by atoms with van der Waals surface area (Å²) in [5, 5.41) is 2.51. The first-order valence-corrected chi connectivity index (χ1v) is 24.7. The molecule has 0 saturated heterocycles. The first kappa shape index (κ1) is 42.1. The van der Waals surface area contributed by atoms with Crippen LogP contribution in [0.5, 0.6) is 0 Å². The van der Waals surface area contributed by atoms with Gasteiger partial charge in [0.1, 0.15) is 0 Å². The van der Waals surface area contributed by atoms with E-state index in [0.29, 0.717) is 0 Å². The van der Waals surface area contributed by atoms with Crippen LogP contribution < -0.4 is 4.90 Å². The van der Waals surface area contributed by atoms with Crippen LogP contribution in [-0.4, -0.2) is 4.57 Å². The smallest absolute Gasteiger partial charge is 0.0541 e. The van der Waals surface area contributed by atoms with E-state index >= 15 is 0 Å². The fraction of sp³-hybridized carbons (Fsp3) is 0.0435. The highest BCUT2D eigenvalue weighted by Gasteiger charge is 2.35. The second-order valence-electron chi connectivity index (χ2n) is 19.3. The Morgan fingerprint density at radius 1 is 0.282 bits per heavy atom. The van der Waals surface area contributed by atoms with Gasteiger partial charge in [0.05, 0.1) is 16.7 Å². The van der Waals surface area contributed by atoms with Gasteiger partial charge in [-0.25, -0.2) is 0 Å². The molecule has 0 spiro atoms. The zero-order chi connectivity index (χ0) is 47.5. The molecule has 0 bridgehead atoms. The molecule has 1 aliphatic rings. The first-order chi connectivity index (χ1) is 35.0. The van der Waals surface area contributed by atoms with Gasteiger partial charge in [0.15, 0.2) is 0 Å². The van der Waals surface area contributed by atoms with Crippen molar-refractivity contribution in [1.82, 2.24) is 4.57 Å². The number of hydrogen-bond donors (Lipinski definition) is 0. The molecule has 1 aromatic heterocycles. The van der Waals surface area contributed by atoms with E-state index in [1.54, 1.807) is 0 Å². The minimum atomic E-state index is -0.0583. The summed E-state index contributed by atoms with van der Waals surface area (Å²) in [5.41, 5.74) is 24.2. The van der Waals surface area contributed by atoms with Crippen LogP contribution in [0.2, 0.25) is 0 Å². The van der Waals surface area contributed by atoms with Crippen LogP contribution in [0.3, 0.4) is 0 Å². The minimum Gasteiger partial charge on any atom is -0.311 e. The highest BCUT2D eigenvalue weighted by molar-refractivity contribution is 6.10. The van der Waals surface area contributed by atoms with Gasteiger partial charge in [-0.2, -0.15) is 0 Å². The van der Waals surface area contributed by atoms with Gasteiger partial charge in [0.25, 0.3) is 0 Å². The zero-order valence-corrected chi connectivity index (χ0v) is 39.8. The maximum Gasteiger partial charge on any atom is 0.0541 e. The van der Waals surface area contributed by atoms with Crippen LogP contribution in [0, 0.1) is 0 Å². The quantitative estimate of drug-likeness (QED) is 0.140. The van der Waals surface area contributed by atoms with Crippen molar-refractivity contribution in [3.05, 3.63) is 278 Å². The van der Waals surface area contributed by atoms with Crippen molar-refractivity contribution < 1.29 is 0 Å². The second kappa shape index (κ2) is 17.2. The van der Waals surface area contributed by atoms with E-state index in [0.717, 1.165) is 28.3 Å². The van der Waals surface area contributed by atoms with Crippen LogP contribution >= 0.6 is 0 Å². The average molecular weight is 907 g/mol. The van der Waals surface area contributed by atoms with E-state index in [1.165, 1.54) is 94.1 Å². The number of benzene rings is 11. The summed E-state index contributed by atoms with van der Waals surface area (Å²) < 4.78 is 2.43. The van der Waals surface area contributed by atoms with Crippen molar-refractivity contribution in [1.29, 1.82) is 0 Å². The Bertz CT molecular complexity index is 3860. The Kier molecular flexibility index (Phi) is 10.2. The van der Waals surface area contributed by atoms with Gasteiger partial charge in [-0.3, -0.25) is 0 Å². The van der Waals surface area contributed by atoms with Crippen molar-refractivity contribution in [3.8, 4) is 72.4 Å². The molecule has 0 aliphatic heterocycles. The maximum absolute atomic E-state index is 2.43. The first-order valence-electron chi connectivity index (χ1n) is 24.7. The number of nitrogens with zero attached hydrogens (tertiary/aromatic N) is 2. The van der Waals surface area contributed by atoms with E-state index in [9.17, 15) is 0 Å². The molecular weight excluding hydrogens is 857 g/mol. The Morgan fingerprint density at radius 2 is 0.676 bits per heavy atom. The van der Waals surface area contributed by atoms with Crippen LogP contribution in [-0.2, 0) is 5.41 Å². The third-order valence-corrected chi connectivity index (χ3v) is 14.9. The fourth-order valence-corrected chi connectivity index (χ4v) is 11.3. The number of para-hydroxylation sites is 3. The summed E-state index contributed by atoms with van der Waals surface area (Å²) in [7, 11) is 0. The standard InChI is InChI=1S/C69H50N2/c1-69(2)64-24-12-8-20-59(64)60-45-38-53(46-65(60)69)51-34-41-55(42-35-51)70(54-39-32-50(33-40-54)49-30-28-48(29-31-49)47-16-4-3-5-17-47)56-43-36-52(37-44-56)57-18-6-7-19-58(57)61-21-9-13-25-66(61)71-67-26-14-10-22-62(67)63-23-11-15-27-68(63)71/h3-46H,1-2H3. The third kappa shape index (κ3) is 7.27. The Hall–Kier alpha value is -8.98. The summed E-state index contributed by atoms with van der Waals surface area (Å²) in [5.74, 6) is 0. The molecule has 0 radical (unpaired) electrons. The molecule has 2 nitrogen and oxygen atoms in total. The summed E-state index contributed by atoms with van der Waals surface area (Å²) >= 11 is 0. The molecule has 13 rings (SSSR count). The van der Waals surface area contributed by atoms with Gasteiger partial charge >= 0.3 is 0 Å². The molecule has 71 heavy (non-hydrogen) atoms. The normalized spacial score (nSPS) is 12.5. The molecule has 12 aromatic rings. The van der Waals surface area contributed by atoms with Crippen LogP contribution in [0.15, 0.2) is 267 Å². The van der Waals surface area contributed by atoms with Gasteiger partial charge in [-0.05, 0) is 133 Å². The maximum atomic E-state index is 2.43. The van der Waals surface area contributed by atoms with Crippen molar-refractivity contribution >= 4 is 38.9 Å². The fourth-order valence-electron chi connectivity index (χ4n) is 11.3. The number of hydrogen-bond acceptors (Lipinski definition) is 1. The van der Waals surface area contributed by atoms with E-state index in [1.807, 2.05) is 0 Å². The predicted molar refractivity (Wildman–Crippen MR) is 300 cm³/mol. The summed E-state index contributed by atoms with van der Waals surface area (Å²) in [4.78, 5) is 2.38. The van der Waals surface area contributed by atoms with Crippen molar-refractivity contribution in [2.45, 2.75) is 19.3 Å². The number of rotatable bonds is 9. The lowest BCUT2D eigenvalue weighted by molar-refractivity contribution is 0.660. The Balaban J connectivity index is 0.871. The summed E-state index contributed by atoms with van der Waals surface area (Å²) in [6, 6.07) is 97.7. The highest BCUT2D eigenvalue weighted by Crippen LogP contribution is 2.50. The molecule has 1 aliphatic carbocycles. The van der Waals surface area contributed by atoms with E-state index in [2.05, 4.69) is 290 Å². The molecule has 1 heterocycles. The van der Waals surface area contributed by atoms with Gasteiger partial charge in [-0.1, -0.05) is 220 Å². The van der Waals surface area contributed by atoms with Crippen LogP contribution in [0.1, 0.15) is 25.0 Å². The van der Waals surface area contributed by atoms with Crippen molar-refractivity contribution in [2.24, 2.45) is 0 Å². The topological polar surface area (TPSA) is 8.17 Å². The Labute approximate surface area is 416 Å². The van der Waals surface area contributed by atoms with Crippen molar-refractivity contribution in [3.63, 3.8) is 0 Å². The Morgan fingerprint density at radius 3 is 1.27 bits per heavy atom. The number of fused-ring (bicyclic) bond motifs is 6. The van der Waals surface area contributed by atoms with E-state index < -0.39 is 0 Å². The molecule has 0 fully saturated rings. The summed E-state index contributed by atoms with van der Waals surface area (Å²) in [6.45, 7) is 4.70. The summed E-state index contributed by atoms with van der Waals surface area (Å²) in [6.07, 6.45) is 0. The molecule has 0 atom stereocenters. The lowest BCUT2D eigenvalue weighted by Crippen LogP contribution is -2.14. The monoisotopic (exact) mass is 906 g/mol. The third-order valence-electron chi connectivity index (χ3n) is 14.9. The SMILES string of the molecule is CC1(C)c2ccccc2-c2ccc(-c3ccc(N(c4ccc(-c5ccc(-c6ccccc6)cc5)cc4)c4ccc(-c5ccccc5-c5ccccc5-n5c6ccccc6c6ccccc65)cc4)cc3)cc21. The molecule has 2 heteroatoms. The molecule has 0 amide bonds. The zero-order valence-electron chi connectivity index (χ0n) is 39.8. The van der Waals surface area contributed by atoms with E-state index in [4.69, 9.17) is 0 Å². The minimum absolute atomic E-state index is 0.0583. The molecule has 336 valence electrons. The van der Waals surface area contributed by atoms with Crippen LogP contribution in [0.4, 0.5) is 17.1 Å².